The van der Waals surface area contributed by atoms with Crippen molar-refractivity contribution in [2.75, 3.05) is 13.1 Å². The van der Waals surface area contributed by atoms with Crippen LogP contribution in [0.25, 0.3) is 0 Å². The monoisotopic (exact) mass is 294 g/mol. The van der Waals surface area contributed by atoms with E-state index in [2.05, 4.69) is 4.98 Å². The largest absolute Gasteiger partial charge is 0.481 e. The van der Waals surface area contributed by atoms with Crippen molar-refractivity contribution in [3.63, 3.8) is 0 Å². The number of fused-ring (bicyclic) bond motifs is 1. The Balaban J connectivity index is 1.62. The van der Waals surface area contributed by atoms with E-state index in [1.165, 1.54) is 11.3 Å². The summed E-state index contributed by atoms with van der Waals surface area (Å²) in [5, 5.41) is 11.5. The van der Waals surface area contributed by atoms with Crippen LogP contribution < -0.4 is 0 Å². The van der Waals surface area contributed by atoms with Crippen LogP contribution in [0.1, 0.15) is 31.4 Å². The van der Waals surface area contributed by atoms with E-state index in [0.29, 0.717) is 32.4 Å². The summed E-state index contributed by atoms with van der Waals surface area (Å²) in [4.78, 5) is 29.7. The minimum absolute atomic E-state index is 0.0630. The van der Waals surface area contributed by atoms with Crippen LogP contribution in [0.4, 0.5) is 0 Å². The fraction of sp³-hybridized carbons (Fsp3) is 0.643. The molecule has 1 aliphatic carbocycles. The Morgan fingerprint density at radius 3 is 3.05 bits per heavy atom. The molecule has 1 aromatic rings. The van der Waals surface area contributed by atoms with Crippen LogP contribution in [0, 0.1) is 11.3 Å². The SMILES string of the molecule is O=C(CCc1cscn1)N1C[C@@H]2CCC[C@@]2(C(=O)O)C1. The molecule has 1 amide bonds. The molecule has 3 rings (SSSR count). The zero-order valence-electron chi connectivity index (χ0n) is 11.2. The number of carbonyl (C=O) groups excluding carboxylic acids is 1. The van der Waals surface area contributed by atoms with E-state index < -0.39 is 11.4 Å². The maximum Gasteiger partial charge on any atom is 0.311 e. The summed E-state index contributed by atoms with van der Waals surface area (Å²) in [6, 6.07) is 0. The van der Waals surface area contributed by atoms with Crippen LogP contribution in [0.15, 0.2) is 10.9 Å². The van der Waals surface area contributed by atoms with Gasteiger partial charge in [-0.05, 0) is 25.2 Å². The standard InChI is InChI=1S/C14H18N2O3S/c17-12(4-3-11-7-20-9-15-11)16-6-10-2-1-5-14(10,8-16)13(18)19/h7,9-10H,1-6,8H2,(H,18,19)/t10-,14+/m0/s1. The van der Waals surface area contributed by atoms with Gasteiger partial charge in [0.25, 0.3) is 0 Å². The first-order chi connectivity index (χ1) is 9.62. The van der Waals surface area contributed by atoms with Gasteiger partial charge in [0, 0.05) is 24.9 Å². The summed E-state index contributed by atoms with van der Waals surface area (Å²) >= 11 is 1.53. The van der Waals surface area contributed by atoms with Crippen molar-refractivity contribution in [3.8, 4) is 0 Å². The maximum absolute atomic E-state index is 12.2. The molecule has 1 saturated heterocycles. The highest BCUT2D eigenvalue weighted by Gasteiger charge is 2.55. The summed E-state index contributed by atoms with van der Waals surface area (Å²) in [6.45, 7) is 1.01. The number of rotatable bonds is 4. The number of aryl methyl sites for hydroxylation is 1. The van der Waals surface area contributed by atoms with Gasteiger partial charge in [0.1, 0.15) is 0 Å². The lowest BCUT2D eigenvalue weighted by Crippen LogP contribution is -2.37. The van der Waals surface area contributed by atoms with Crippen molar-refractivity contribution in [3.05, 3.63) is 16.6 Å². The molecule has 1 aliphatic heterocycles. The van der Waals surface area contributed by atoms with Crippen molar-refractivity contribution >= 4 is 23.2 Å². The van der Waals surface area contributed by atoms with Crippen LogP contribution in [0.2, 0.25) is 0 Å². The number of carboxylic acids is 1. The Kier molecular flexibility index (Phi) is 3.50. The lowest BCUT2D eigenvalue weighted by atomic mass is 9.81. The molecule has 1 aromatic heterocycles. The number of nitrogens with zero attached hydrogens (tertiary/aromatic N) is 2. The molecule has 0 radical (unpaired) electrons. The smallest absolute Gasteiger partial charge is 0.311 e. The summed E-state index contributed by atoms with van der Waals surface area (Å²) < 4.78 is 0. The first kappa shape index (κ1) is 13.5. The Morgan fingerprint density at radius 2 is 2.40 bits per heavy atom. The second-order valence-corrected chi connectivity index (χ2v) is 6.52. The topological polar surface area (TPSA) is 70.5 Å². The minimum Gasteiger partial charge on any atom is -0.481 e. The predicted octanol–water partition coefficient (Wildman–Crippen LogP) is 1.79. The van der Waals surface area contributed by atoms with Gasteiger partial charge in [-0.2, -0.15) is 0 Å². The number of carbonyl (C=O) groups is 2. The molecule has 0 unspecified atom stereocenters. The number of amides is 1. The van der Waals surface area contributed by atoms with E-state index in [0.717, 1.165) is 18.5 Å². The average Bonchev–Trinajstić information content (AvgIpc) is 3.10. The minimum atomic E-state index is -0.727. The molecule has 1 saturated carbocycles. The second-order valence-electron chi connectivity index (χ2n) is 5.80. The average molecular weight is 294 g/mol. The number of aliphatic carboxylic acids is 1. The second kappa shape index (κ2) is 5.16. The van der Waals surface area contributed by atoms with Crippen molar-refractivity contribution in [2.45, 2.75) is 32.1 Å². The number of carboxylic acid groups (broad SMARTS) is 1. The molecule has 108 valence electrons. The van der Waals surface area contributed by atoms with E-state index in [9.17, 15) is 14.7 Å². The van der Waals surface area contributed by atoms with Gasteiger partial charge in [0.15, 0.2) is 0 Å². The van der Waals surface area contributed by atoms with E-state index in [-0.39, 0.29) is 11.8 Å². The summed E-state index contributed by atoms with van der Waals surface area (Å²) in [6.07, 6.45) is 3.68. The lowest BCUT2D eigenvalue weighted by molar-refractivity contribution is -0.149. The molecule has 0 aromatic carbocycles. The number of hydrogen-bond donors (Lipinski definition) is 1. The van der Waals surface area contributed by atoms with Crippen molar-refractivity contribution in [1.82, 2.24) is 9.88 Å². The summed E-state index contributed by atoms with van der Waals surface area (Å²) in [7, 11) is 0. The predicted molar refractivity (Wildman–Crippen MR) is 74.4 cm³/mol. The van der Waals surface area contributed by atoms with Crippen LogP contribution in [0.3, 0.4) is 0 Å². The zero-order valence-corrected chi connectivity index (χ0v) is 12.1. The third-order valence-corrected chi connectivity index (χ3v) is 5.36. The van der Waals surface area contributed by atoms with Gasteiger partial charge in [-0.3, -0.25) is 9.59 Å². The molecule has 2 aliphatic rings. The lowest BCUT2D eigenvalue weighted by Gasteiger charge is -2.23. The Hall–Kier alpha value is -1.43. The first-order valence-electron chi connectivity index (χ1n) is 7.00. The fourth-order valence-corrected chi connectivity index (χ4v) is 4.18. The van der Waals surface area contributed by atoms with Crippen molar-refractivity contribution in [2.24, 2.45) is 11.3 Å². The number of thiazole rings is 1. The molecule has 6 heteroatoms. The number of hydrogen-bond acceptors (Lipinski definition) is 4. The molecule has 1 N–H and O–H groups in total. The number of likely N-dealkylation sites (tertiary alicyclic amines) is 1. The molecule has 5 nitrogen and oxygen atoms in total. The highest BCUT2D eigenvalue weighted by molar-refractivity contribution is 7.07. The van der Waals surface area contributed by atoms with E-state index in [4.69, 9.17) is 0 Å². The Bertz CT molecular complexity index is 516. The molecule has 0 bridgehead atoms. The third-order valence-electron chi connectivity index (χ3n) is 4.73. The zero-order chi connectivity index (χ0) is 14.2. The fourth-order valence-electron chi connectivity index (χ4n) is 3.58. The van der Waals surface area contributed by atoms with Crippen LogP contribution in [-0.4, -0.2) is 40.0 Å². The quantitative estimate of drug-likeness (QED) is 0.919. The number of aromatic nitrogens is 1. The Labute approximate surface area is 121 Å². The van der Waals surface area contributed by atoms with Gasteiger partial charge < -0.3 is 10.0 Å². The highest BCUT2D eigenvalue weighted by Crippen LogP contribution is 2.48. The summed E-state index contributed by atoms with van der Waals surface area (Å²) in [5.74, 6) is -0.522. The van der Waals surface area contributed by atoms with E-state index in [1.807, 2.05) is 5.38 Å². The Morgan fingerprint density at radius 1 is 1.55 bits per heavy atom. The van der Waals surface area contributed by atoms with Gasteiger partial charge >= 0.3 is 5.97 Å². The van der Waals surface area contributed by atoms with Crippen LogP contribution in [0.5, 0.6) is 0 Å². The van der Waals surface area contributed by atoms with E-state index >= 15 is 0 Å². The first-order valence-corrected chi connectivity index (χ1v) is 7.94. The van der Waals surface area contributed by atoms with Crippen molar-refractivity contribution in [1.29, 1.82) is 0 Å². The molecule has 20 heavy (non-hydrogen) atoms. The van der Waals surface area contributed by atoms with Gasteiger partial charge in [0.2, 0.25) is 5.91 Å². The molecule has 2 heterocycles. The van der Waals surface area contributed by atoms with Crippen molar-refractivity contribution < 1.29 is 14.7 Å². The normalized spacial score (nSPS) is 28.6. The molecular weight excluding hydrogens is 276 g/mol. The van der Waals surface area contributed by atoms with Gasteiger partial charge in [0.05, 0.1) is 16.6 Å². The van der Waals surface area contributed by atoms with Crippen LogP contribution >= 0.6 is 11.3 Å². The summed E-state index contributed by atoms with van der Waals surface area (Å²) in [5.41, 5.74) is 2.03. The highest BCUT2D eigenvalue weighted by atomic mass is 32.1. The van der Waals surface area contributed by atoms with Gasteiger partial charge in [-0.25, -0.2) is 4.98 Å². The third kappa shape index (κ3) is 2.22. The molecule has 0 spiro atoms. The van der Waals surface area contributed by atoms with Gasteiger partial charge in [-0.1, -0.05) is 6.42 Å². The molecular formula is C14H18N2O3S. The van der Waals surface area contributed by atoms with E-state index in [1.54, 1.807) is 10.4 Å². The molecule has 2 atom stereocenters. The molecule has 2 fully saturated rings. The van der Waals surface area contributed by atoms with Gasteiger partial charge in [-0.15, -0.1) is 11.3 Å². The van der Waals surface area contributed by atoms with Crippen LogP contribution in [-0.2, 0) is 16.0 Å². The maximum atomic E-state index is 12.2.